The lowest BCUT2D eigenvalue weighted by Crippen LogP contribution is -2.31. The van der Waals surface area contributed by atoms with E-state index in [1.807, 2.05) is 11.8 Å². The molecule has 2 atom stereocenters. The van der Waals surface area contributed by atoms with Crippen LogP contribution in [0.15, 0.2) is 0 Å². The molecule has 90 valence electrons. The van der Waals surface area contributed by atoms with Gasteiger partial charge in [-0.05, 0) is 53.2 Å². The number of hydrogen-bond acceptors (Lipinski definition) is 3. The van der Waals surface area contributed by atoms with E-state index < -0.39 is 0 Å². The summed E-state index contributed by atoms with van der Waals surface area (Å²) in [4.78, 5) is 0. The zero-order chi connectivity index (χ0) is 11.7. The molecule has 1 fully saturated rings. The number of ether oxygens (including phenoxy) is 1. The summed E-state index contributed by atoms with van der Waals surface area (Å²) in [6.45, 7) is 10.8. The second-order valence-corrected chi connectivity index (χ2v) is 7.11. The smallest absolute Gasteiger partial charge is 0.0752 e. The van der Waals surface area contributed by atoms with Crippen LogP contribution >= 0.6 is 11.8 Å². The summed E-state index contributed by atoms with van der Waals surface area (Å²) in [7, 11) is 0. The van der Waals surface area contributed by atoms with E-state index in [0.29, 0.717) is 11.3 Å². The largest absolute Gasteiger partial charge is 0.369 e. The number of thioether (sulfide) groups is 1. The maximum absolute atomic E-state index is 6.05. The van der Waals surface area contributed by atoms with E-state index in [0.717, 1.165) is 18.6 Å². The van der Waals surface area contributed by atoms with Gasteiger partial charge in [0.25, 0.3) is 0 Å². The van der Waals surface area contributed by atoms with Crippen molar-refractivity contribution in [2.75, 3.05) is 5.75 Å². The molecule has 2 N–H and O–H groups in total. The third-order valence-electron chi connectivity index (χ3n) is 2.88. The summed E-state index contributed by atoms with van der Waals surface area (Å²) >= 11 is 2.02. The Kier molecular flexibility index (Phi) is 4.13. The van der Waals surface area contributed by atoms with E-state index in [9.17, 15) is 0 Å². The highest BCUT2D eigenvalue weighted by atomic mass is 32.2. The number of hydrogen-bond donors (Lipinski definition) is 1. The lowest BCUT2D eigenvalue weighted by molar-refractivity contribution is -0.0631. The number of rotatable bonds is 4. The summed E-state index contributed by atoms with van der Waals surface area (Å²) in [5.41, 5.74) is 5.80. The minimum Gasteiger partial charge on any atom is -0.369 e. The van der Waals surface area contributed by atoms with Crippen molar-refractivity contribution in [3.05, 3.63) is 0 Å². The Bertz CT molecular complexity index is 214. The standard InChI is InChI=1S/C12H25NOS/c1-9(13)6-7-15-10-8-11(2,3)14-12(10,4)5/h9-10H,6-8,13H2,1-5H3. The molecule has 2 nitrogen and oxygen atoms in total. The Morgan fingerprint density at radius 3 is 2.40 bits per heavy atom. The predicted octanol–water partition coefficient (Wildman–Crippen LogP) is 2.80. The van der Waals surface area contributed by atoms with Crippen LogP contribution < -0.4 is 5.73 Å². The lowest BCUT2D eigenvalue weighted by atomic mass is 10.0. The van der Waals surface area contributed by atoms with Crippen LogP contribution in [0.3, 0.4) is 0 Å². The molecule has 1 heterocycles. The van der Waals surface area contributed by atoms with Crippen molar-refractivity contribution >= 4 is 11.8 Å². The van der Waals surface area contributed by atoms with Crippen molar-refractivity contribution in [1.82, 2.24) is 0 Å². The fraction of sp³-hybridized carbons (Fsp3) is 1.00. The average Bonchev–Trinajstić information content (AvgIpc) is 2.18. The summed E-state index contributed by atoms with van der Waals surface area (Å²) < 4.78 is 6.05. The maximum atomic E-state index is 6.05. The molecule has 0 aliphatic carbocycles. The molecule has 0 amide bonds. The molecule has 2 unspecified atom stereocenters. The molecule has 0 spiro atoms. The molecule has 15 heavy (non-hydrogen) atoms. The predicted molar refractivity (Wildman–Crippen MR) is 68.4 cm³/mol. The van der Waals surface area contributed by atoms with E-state index in [4.69, 9.17) is 10.5 Å². The maximum Gasteiger partial charge on any atom is 0.0752 e. The first kappa shape index (κ1) is 13.3. The molecule has 3 heteroatoms. The highest BCUT2D eigenvalue weighted by Crippen LogP contribution is 2.43. The molecule has 0 saturated carbocycles. The molecule has 1 aliphatic heterocycles. The SMILES string of the molecule is CC(N)CCSC1CC(C)(C)OC1(C)C. The monoisotopic (exact) mass is 231 g/mol. The molecule has 1 rings (SSSR count). The second-order valence-electron chi connectivity index (χ2n) is 5.79. The van der Waals surface area contributed by atoms with Gasteiger partial charge in [0.05, 0.1) is 11.2 Å². The van der Waals surface area contributed by atoms with Crippen LogP contribution in [0.4, 0.5) is 0 Å². The van der Waals surface area contributed by atoms with Crippen molar-refractivity contribution < 1.29 is 4.74 Å². The van der Waals surface area contributed by atoms with Crippen LogP contribution in [-0.2, 0) is 4.74 Å². The highest BCUT2D eigenvalue weighted by molar-refractivity contribution is 8.00. The fourth-order valence-corrected chi connectivity index (χ4v) is 3.93. The Morgan fingerprint density at radius 1 is 1.40 bits per heavy atom. The normalized spacial score (nSPS) is 30.4. The van der Waals surface area contributed by atoms with Gasteiger partial charge in [-0.3, -0.25) is 0 Å². The fourth-order valence-electron chi connectivity index (χ4n) is 2.17. The number of nitrogens with two attached hydrogens (primary N) is 1. The van der Waals surface area contributed by atoms with Crippen molar-refractivity contribution in [1.29, 1.82) is 0 Å². The molecule has 1 saturated heterocycles. The summed E-state index contributed by atoms with van der Waals surface area (Å²) in [5, 5.41) is 0.603. The lowest BCUT2D eigenvalue weighted by Gasteiger charge is -2.27. The average molecular weight is 231 g/mol. The Labute approximate surface area is 98.3 Å². The zero-order valence-corrected chi connectivity index (χ0v) is 11.5. The van der Waals surface area contributed by atoms with Crippen LogP contribution in [0.5, 0.6) is 0 Å². The topological polar surface area (TPSA) is 35.2 Å². The Hall–Kier alpha value is 0.270. The van der Waals surface area contributed by atoms with Gasteiger partial charge in [0.1, 0.15) is 0 Å². The van der Waals surface area contributed by atoms with E-state index >= 15 is 0 Å². The van der Waals surface area contributed by atoms with Crippen LogP contribution in [-0.4, -0.2) is 28.2 Å². The van der Waals surface area contributed by atoms with Crippen molar-refractivity contribution in [3.63, 3.8) is 0 Å². The van der Waals surface area contributed by atoms with Crippen LogP contribution in [0, 0.1) is 0 Å². The molecule has 0 aromatic carbocycles. The minimum absolute atomic E-state index is 0.00596. The van der Waals surface area contributed by atoms with Gasteiger partial charge in [0, 0.05) is 11.3 Å². The van der Waals surface area contributed by atoms with Gasteiger partial charge < -0.3 is 10.5 Å². The first-order valence-electron chi connectivity index (χ1n) is 5.80. The third kappa shape index (κ3) is 3.97. The Balaban J connectivity index is 2.41. The quantitative estimate of drug-likeness (QED) is 0.808. The van der Waals surface area contributed by atoms with E-state index in [1.165, 1.54) is 0 Å². The zero-order valence-electron chi connectivity index (χ0n) is 10.7. The molecule has 0 aromatic heterocycles. The summed E-state index contributed by atoms with van der Waals surface area (Å²) in [6.07, 6.45) is 2.24. The molecular formula is C12H25NOS. The summed E-state index contributed by atoms with van der Waals surface area (Å²) in [5.74, 6) is 1.14. The van der Waals surface area contributed by atoms with Gasteiger partial charge >= 0.3 is 0 Å². The second kappa shape index (κ2) is 4.64. The van der Waals surface area contributed by atoms with Gasteiger partial charge in [-0.25, -0.2) is 0 Å². The third-order valence-corrected chi connectivity index (χ3v) is 4.49. The molecule has 0 radical (unpaired) electrons. The summed E-state index contributed by atoms with van der Waals surface area (Å²) in [6, 6.07) is 0.316. The van der Waals surface area contributed by atoms with Crippen molar-refractivity contribution in [3.8, 4) is 0 Å². The van der Waals surface area contributed by atoms with E-state index in [2.05, 4.69) is 34.6 Å². The molecule has 1 aliphatic rings. The van der Waals surface area contributed by atoms with Crippen molar-refractivity contribution in [2.45, 2.75) is 70.0 Å². The van der Waals surface area contributed by atoms with E-state index in [-0.39, 0.29) is 11.2 Å². The van der Waals surface area contributed by atoms with Gasteiger partial charge in [-0.2, -0.15) is 11.8 Å². The van der Waals surface area contributed by atoms with Crippen molar-refractivity contribution in [2.24, 2.45) is 5.73 Å². The molecule has 0 aromatic rings. The Morgan fingerprint density at radius 2 is 2.00 bits per heavy atom. The first-order valence-corrected chi connectivity index (χ1v) is 6.85. The van der Waals surface area contributed by atoms with Gasteiger partial charge in [-0.15, -0.1) is 0 Å². The van der Waals surface area contributed by atoms with Crippen LogP contribution in [0.1, 0.15) is 47.5 Å². The van der Waals surface area contributed by atoms with Gasteiger partial charge in [0.2, 0.25) is 0 Å². The van der Waals surface area contributed by atoms with Gasteiger partial charge in [-0.1, -0.05) is 0 Å². The first-order chi connectivity index (χ1) is 6.73. The van der Waals surface area contributed by atoms with Gasteiger partial charge in [0.15, 0.2) is 0 Å². The molecular weight excluding hydrogens is 206 g/mol. The van der Waals surface area contributed by atoms with E-state index in [1.54, 1.807) is 0 Å². The van der Waals surface area contributed by atoms with Crippen LogP contribution in [0.2, 0.25) is 0 Å². The van der Waals surface area contributed by atoms with Crippen LogP contribution in [0.25, 0.3) is 0 Å². The highest BCUT2D eigenvalue weighted by Gasteiger charge is 2.45. The minimum atomic E-state index is 0.00596. The molecule has 0 bridgehead atoms.